The maximum atomic E-state index is 11.2. The Morgan fingerprint density at radius 2 is 2.15 bits per heavy atom. The van der Waals surface area contributed by atoms with Gasteiger partial charge in [0.1, 0.15) is 12.2 Å². The largest absolute Gasteiger partial charge is 0.465 e. The third-order valence-electron chi connectivity index (χ3n) is 2.83. The summed E-state index contributed by atoms with van der Waals surface area (Å²) in [6.45, 7) is 2.64. The molecule has 0 aliphatic heterocycles. The number of hydrogen-bond donors (Lipinski definition) is 1. The van der Waals surface area contributed by atoms with Crippen LogP contribution in [0.15, 0.2) is 18.7 Å². The molecule has 8 nitrogen and oxygen atoms in total. The minimum absolute atomic E-state index is 0.159. The van der Waals surface area contributed by atoms with Crippen molar-refractivity contribution < 1.29 is 9.53 Å². The van der Waals surface area contributed by atoms with Gasteiger partial charge in [0, 0.05) is 31.9 Å². The summed E-state index contributed by atoms with van der Waals surface area (Å²) in [6.07, 6.45) is 4.51. The van der Waals surface area contributed by atoms with Crippen LogP contribution in [0, 0.1) is 0 Å². The van der Waals surface area contributed by atoms with Gasteiger partial charge in [0.05, 0.1) is 12.7 Å². The summed E-state index contributed by atoms with van der Waals surface area (Å²) in [5.41, 5.74) is 0.319. The van der Waals surface area contributed by atoms with Gasteiger partial charge in [-0.1, -0.05) is 6.92 Å². The average molecular weight is 276 g/mol. The van der Waals surface area contributed by atoms with Crippen molar-refractivity contribution in [3.05, 3.63) is 30.1 Å². The number of esters is 1. The van der Waals surface area contributed by atoms with Crippen molar-refractivity contribution >= 4 is 11.9 Å². The van der Waals surface area contributed by atoms with Crippen molar-refractivity contribution in [2.24, 2.45) is 7.05 Å². The van der Waals surface area contributed by atoms with E-state index in [1.54, 1.807) is 6.33 Å². The molecule has 106 valence electrons. The molecule has 0 saturated heterocycles. The lowest BCUT2D eigenvalue weighted by Gasteiger charge is -2.11. The molecule has 2 aromatic heterocycles. The lowest BCUT2D eigenvalue weighted by molar-refractivity contribution is 0.0600. The summed E-state index contributed by atoms with van der Waals surface area (Å²) in [7, 11) is 3.21. The summed E-state index contributed by atoms with van der Waals surface area (Å²) in [4.78, 5) is 19.4. The Balaban J connectivity index is 1.94. The Labute approximate surface area is 116 Å². The van der Waals surface area contributed by atoms with Crippen LogP contribution in [0.5, 0.6) is 0 Å². The highest BCUT2D eigenvalue weighted by atomic mass is 16.5. The predicted octanol–water partition coefficient (Wildman–Crippen LogP) is 0.607. The van der Waals surface area contributed by atoms with Crippen LogP contribution >= 0.6 is 0 Å². The van der Waals surface area contributed by atoms with Gasteiger partial charge < -0.3 is 14.6 Å². The van der Waals surface area contributed by atoms with Gasteiger partial charge in [0.2, 0.25) is 5.95 Å². The number of carbonyl (C=O) groups excluding carboxylic acids is 1. The van der Waals surface area contributed by atoms with E-state index in [0.717, 1.165) is 5.82 Å². The third kappa shape index (κ3) is 3.08. The maximum Gasteiger partial charge on any atom is 0.341 e. The van der Waals surface area contributed by atoms with Gasteiger partial charge >= 0.3 is 5.97 Å². The van der Waals surface area contributed by atoms with Crippen molar-refractivity contribution in [3.63, 3.8) is 0 Å². The van der Waals surface area contributed by atoms with Gasteiger partial charge in [-0.05, 0) is 0 Å². The molecule has 0 fully saturated rings. The van der Waals surface area contributed by atoms with Gasteiger partial charge in [-0.3, -0.25) is 0 Å². The van der Waals surface area contributed by atoms with Crippen molar-refractivity contribution in [2.75, 3.05) is 19.0 Å². The molecule has 0 aromatic carbocycles. The Morgan fingerprint density at radius 1 is 1.45 bits per heavy atom. The lowest BCUT2D eigenvalue weighted by atomic mass is 10.1. The predicted molar refractivity (Wildman–Crippen MR) is 71.3 cm³/mol. The number of nitrogens with one attached hydrogen (secondary N) is 1. The lowest BCUT2D eigenvalue weighted by Crippen LogP contribution is -2.15. The van der Waals surface area contributed by atoms with E-state index in [4.69, 9.17) is 0 Å². The molecule has 1 N–H and O–H groups in total. The molecule has 2 heterocycles. The number of hydrogen-bond acceptors (Lipinski definition) is 7. The fourth-order valence-corrected chi connectivity index (χ4v) is 1.72. The van der Waals surface area contributed by atoms with E-state index in [-0.39, 0.29) is 5.92 Å². The molecule has 0 saturated carbocycles. The molecule has 0 bridgehead atoms. The molecule has 0 amide bonds. The number of nitrogens with zero attached hydrogens (tertiary/aromatic N) is 5. The van der Waals surface area contributed by atoms with E-state index in [1.807, 2.05) is 18.5 Å². The van der Waals surface area contributed by atoms with Crippen LogP contribution in [0.25, 0.3) is 0 Å². The number of ether oxygens (including phenoxy) is 1. The highest BCUT2D eigenvalue weighted by molar-refractivity contribution is 5.88. The molecule has 2 rings (SSSR count). The topological polar surface area (TPSA) is 94.8 Å². The molecule has 1 unspecified atom stereocenters. The van der Waals surface area contributed by atoms with Crippen LogP contribution in [-0.4, -0.2) is 44.4 Å². The van der Waals surface area contributed by atoms with E-state index in [0.29, 0.717) is 18.1 Å². The fourth-order valence-electron chi connectivity index (χ4n) is 1.72. The summed E-state index contributed by atoms with van der Waals surface area (Å²) in [5.74, 6) is 1.03. The zero-order chi connectivity index (χ0) is 14.5. The van der Waals surface area contributed by atoms with Gasteiger partial charge in [-0.2, -0.15) is 0 Å². The van der Waals surface area contributed by atoms with E-state index >= 15 is 0 Å². The van der Waals surface area contributed by atoms with Gasteiger partial charge in [-0.15, -0.1) is 10.2 Å². The number of anilines is 1. The van der Waals surface area contributed by atoms with Crippen LogP contribution < -0.4 is 5.32 Å². The van der Waals surface area contributed by atoms with Crippen LogP contribution in [0.4, 0.5) is 5.95 Å². The number of rotatable bonds is 5. The van der Waals surface area contributed by atoms with Crippen molar-refractivity contribution in [3.8, 4) is 0 Å². The quantitative estimate of drug-likeness (QED) is 0.799. The van der Waals surface area contributed by atoms with Crippen molar-refractivity contribution in [1.82, 2.24) is 24.7 Å². The summed E-state index contributed by atoms with van der Waals surface area (Å²) in [5, 5.41) is 11.0. The molecule has 20 heavy (non-hydrogen) atoms. The zero-order valence-electron chi connectivity index (χ0n) is 11.6. The van der Waals surface area contributed by atoms with E-state index in [1.165, 1.54) is 19.5 Å². The van der Waals surface area contributed by atoms with Crippen molar-refractivity contribution in [1.29, 1.82) is 0 Å². The van der Waals surface area contributed by atoms with Crippen LogP contribution in [0.3, 0.4) is 0 Å². The minimum Gasteiger partial charge on any atom is -0.465 e. The molecule has 0 aliphatic carbocycles. The fraction of sp³-hybridized carbons (Fsp3) is 0.417. The third-order valence-corrected chi connectivity index (χ3v) is 2.83. The van der Waals surface area contributed by atoms with Crippen LogP contribution in [0.2, 0.25) is 0 Å². The number of aromatic nitrogens is 5. The normalized spacial score (nSPS) is 11.9. The first-order valence-corrected chi connectivity index (χ1v) is 6.10. The SMILES string of the molecule is COC(=O)c1cnc(NCC(C)c2nncn2C)nc1. The van der Waals surface area contributed by atoms with Gasteiger partial charge in [-0.25, -0.2) is 14.8 Å². The molecular weight excluding hydrogens is 260 g/mol. The van der Waals surface area contributed by atoms with E-state index < -0.39 is 5.97 Å². The molecule has 8 heteroatoms. The van der Waals surface area contributed by atoms with Crippen LogP contribution in [-0.2, 0) is 11.8 Å². The smallest absolute Gasteiger partial charge is 0.341 e. The molecular formula is C12H16N6O2. The van der Waals surface area contributed by atoms with Crippen molar-refractivity contribution in [2.45, 2.75) is 12.8 Å². The Hall–Kier alpha value is -2.51. The molecule has 0 spiro atoms. The molecule has 1 atom stereocenters. The highest BCUT2D eigenvalue weighted by Gasteiger charge is 2.12. The number of carbonyl (C=O) groups is 1. The van der Waals surface area contributed by atoms with E-state index in [9.17, 15) is 4.79 Å². The summed E-state index contributed by atoms with van der Waals surface area (Å²) in [6, 6.07) is 0. The summed E-state index contributed by atoms with van der Waals surface area (Å²) < 4.78 is 6.45. The zero-order valence-corrected chi connectivity index (χ0v) is 11.6. The van der Waals surface area contributed by atoms with E-state index in [2.05, 4.69) is 30.2 Å². The number of aryl methyl sites for hydroxylation is 1. The summed E-state index contributed by atoms with van der Waals surface area (Å²) >= 11 is 0. The second-order valence-corrected chi connectivity index (χ2v) is 4.37. The standard InChI is InChI=1S/C12H16N6O2/c1-8(10-17-16-7-18(10)2)4-13-12-14-5-9(6-15-12)11(19)20-3/h5-8H,4H2,1-3H3,(H,13,14,15). The second-order valence-electron chi connectivity index (χ2n) is 4.37. The first-order chi connectivity index (χ1) is 9.61. The van der Waals surface area contributed by atoms with Gasteiger partial charge in [0.15, 0.2) is 0 Å². The second kappa shape index (κ2) is 6.09. The monoisotopic (exact) mass is 276 g/mol. The first-order valence-electron chi connectivity index (χ1n) is 6.10. The highest BCUT2D eigenvalue weighted by Crippen LogP contribution is 2.11. The minimum atomic E-state index is -0.455. The Morgan fingerprint density at radius 3 is 2.70 bits per heavy atom. The maximum absolute atomic E-state index is 11.2. The number of methoxy groups -OCH3 is 1. The Kier molecular flexibility index (Phi) is 4.24. The van der Waals surface area contributed by atoms with Gasteiger partial charge in [0.25, 0.3) is 0 Å². The Bertz CT molecular complexity index is 580. The molecule has 0 radical (unpaired) electrons. The molecule has 2 aromatic rings. The first kappa shape index (κ1) is 13.9. The average Bonchev–Trinajstić information content (AvgIpc) is 2.90. The molecule has 0 aliphatic rings. The van der Waals surface area contributed by atoms with Crippen LogP contribution in [0.1, 0.15) is 29.0 Å².